The van der Waals surface area contributed by atoms with Crippen LogP contribution in [0.3, 0.4) is 0 Å². The van der Waals surface area contributed by atoms with Gasteiger partial charge in [0, 0.05) is 12.0 Å². The third-order valence-electron chi connectivity index (χ3n) is 6.90. The molecule has 1 saturated heterocycles. The largest absolute Gasteiger partial charge is 0.743 e. The van der Waals surface area contributed by atoms with E-state index in [9.17, 15) is 34.9 Å². The minimum Gasteiger partial charge on any atom is -0.743 e. The molecule has 0 aromatic heterocycles. The van der Waals surface area contributed by atoms with Crippen LogP contribution in [0.2, 0.25) is 0 Å². The summed E-state index contributed by atoms with van der Waals surface area (Å²) in [6.07, 6.45) is -5.52. The first-order valence-corrected chi connectivity index (χ1v) is 16.0. The third-order valence-corrected chi connectivity index (χ3v) is 10.1. The van der Waals surface area contributed by atoms with Crippen LogP contribution in [-0.4, -0.2) is 49.6 Å². The van der Waals surface area contributed by atoms with E-state index in [1.54, 1.807) is 57.2 Å². The van der Waals surface area contributed by atoms with E-state index in [1.165, 1.54) is 0 Å². The van der Waals surface area contributed by atoms with Crippen molar-refractivity contribution in [3.63, 3.8) is 0 Å². The van der Waals surface area contributed by atoms with Gasteiger partial charge in [0.1, 0.15) is 18.5 Å². The van der Waals surface area contributed by atoms with Crippen molar-refractivity contribution in [3.8, 4) is 5.75 Å². The number of benzene rings is 3. The Labute approximate surface area is 250 Å². The van der Waals surface area contributed by atoms with E-state index in [4.69, 9.17) is 14.2 Å². The quantitative estimate of drug-likeness (QED) is 0.128. The molecule has 0 amide bonds. The summed E-state index contributed by atoms with van der Waals surface area (Å²) in [7, 11) is -6.77. The number of hydrogen-bond donors (Lipinski definition) is 0. The molecule has 0 saturated carbocycles. The fourth-order valence-electron chi connectivity index (χ4n) is 4.59. The number of rotatable bonds is 11. The SMILES string of the molecule is CC(C)C1OC(C)(c2ccc([S+](c3ccccc3)c3ccc(OCCC(F)C(F)(F)S(=O)(=O)[O-])cc3)cc2)OCC1(F)F. The maximum absolute atomic E-state index is 14.4. The predicted molar refractivity (Wildman–Crippen MR) is 149 cm³/mol. The lowest BCUT2D eigenvalue weighted by atomic mass is 9.97. The average molecular weight is 647 g/mol. The van der Waals surface area contributed by atoms with Crippen molar-refractivity contribution in [2.45, 2.75) is 71.1 Å². The van der Waals surface area contributed by atoms with Crippen LogP contribution >= 0.6 is 0 Å². The Morgan fingerprint density at radius 2 is 1.51 bits per heavy atom. The molecule has 1 aliphatic heterocycles. The molecule has 234 valence electrons. The molecule has 0 N–H and O–H groups in total. The first-order chi connectivity index (χ1) is 20.0. The van der Waals surface area contributed by atoms with Gasteiger partial charge in [-0.05, 0) is 73.5 Å². The van der Waals surface area contributed by atoms with Crippen LogP contribution in [-0.2, 0) is 36.3 Å². The highest BCUT2D eigenvalue weighted by Gasteiger charge is 2.53. The second-order valence-electron chi connectivity index (χ2n) is 10.5. The summed E-state index contributed by atoms with van der Waals surface area (Å²) in [6.45, 7) is 3.63. The zero-order valence-corrected chi connectivity index (χ0v) is 25.1. The molecule has 0 spiro atoms. The zero-order chi connectivity index (χ0) is 31.6. The van der Waals surface area contributed by atoms with Crippen LogP contribution in [0, 0.1) is 5.92 Å². The van der Waals surface area contributed by atoms with Crippen molar-refractivity contribution in [1.82, 2.24) is 0 Å². The summed E-state index contributed by atoms with van der Waals surface area (Å²) in [5, 5.41) is -5.05. The number of alkyl halides is 5. The normalized spacial score (nSPS) is 22.2. The molecule has 0 bridgehead atoms. The molecule has 1 fully saturated rings. The van der Waals surface area contributed by atoms with Gasteiger partial charge in [0.15, 0.2) is 36.8 Å². The minimum absolute atomic E-state index is 0.229. The van der Waals surface area contributed by atoms with Gasteiger partial charge < -0.3 is 18.8 Å². The molecule has 0 radical (unpaired) electrons. The Morgan fingerprint density at radius 1 is 0.977 bits per heavy atom. The second kappa shape index (κ2) is 12.7. The van der Waals surface area contributed by atoms with E-state index in [1.807, 2.05) is 42.5 Å². The zero-order valence-electron chi connectivity index (χ0n) is 23.5. The van der Waals surface area contributed by atoms with Crippen molar-refractivity contribution in [1.29, 1.82) is 0 Å². The summed E-state index contributed by atoms with van der Waals surface area (Å²) in [5.74, 6) is -4.67. The molecule has 43 heavy (non-hydrogen) atoms. The molecular formula is C30H31F5O6S2. The fraction of sp³-hybridized carbons (Fsp3) is 0.400. The van der Waals surface area contributed by atoms with Crippen molar-refractivity contribution in [2.75, 3.05) is 13.2 Å². The number of halogens is 5. The summed E-state index contributed by atoms with van der Waals surface area (Å²) < 4.78 is 118. The molecule has 3 aromatic rings. The lowest BCUT2D eigenvalue weighted by Gasteiger charge is -2.44. The lowest BCUT2D eigenvalue weighted by Crippen LogP contribution is -2.54. The maximum Gasteiger partial charge on any atom is 0.364 e. The summed E-state index contributed by atoms with van der Waals surface area (Å²) >= 11 is 0. The Morgan fingerprint density at radius 3 is 2.05 bits per heavy atom. The maximum atomic E-state index is 14.4. The molecule has 1 heterocycles. The fourth-order valence-corrected chi connectivity index (χ4v) is 7.08. The van der Waals surface area contributed by atoms with Gasteiger partial charge in [0.25, 0.3) is 5.92 Å². The van der Waals surface area contributed by atoms with Crippen LogP contribution in [0.1, 0.15) is 32.8 Å². The van der Waals surface area contributed by atoms with Gasteiger partial charge in [-0.15, -0.1) is 0 Å². The lowest BCUT2D eigenvalue weighted by molar-refractivity contribution is -0.368. The van der Waals surface area contributed by atoms with E-state index in [2.05, 4.69) is 0 Å². The standard InChI is InChI=1S/C30H31F5O6S2/c1-20(2)27-29(32,33)19-40-28(3,41-27)21-9-13-24(14-10-21)42(23-7-5-4-6-8-23)25-15-11-22(12-16-25)39-18-17-26(31)30(34,35)43(36,37)38/h4-16,20,26-27H,17-19H2,1-3H3. The first-order valence-electron chi connectivity index (χ1n) is 13.3. The van der Waals surface area contributed by atoms with E-state index in [-0.39, 0.29) is 5.75 Å². The number of ether oxygens (including phenoxy) is 3. The smallest absolute Gasteiger partial charge is 0.364 e. The summed E-state index contributed by atoms with van der Waals surface area (Å²) in [5.41, 5.74) is 0.583. The molecule has 6 nitrogen and oxygen atoms in total. The molecular weight excluding hydrogens is 615 g/mol. The van der Waals surface area contributed by atoms with E-state index < -0.39 is 75.8 Å². The second-order valence-corrected chi connectivity index (χ2v) is 14.0. The van der Waals surface area contributed by atoms with Crippen LogP contribution in [0.25, 0.3) is 0 Å². The van der Waals surface area contributed by atoms with Gasteiger partial charge in [-0.1, -0.05) is 32.0 Å². The molecule has 4 atom stereocenters. The molecule has 4 unspecified atom stereocenters. The van der Waals surface area contributed by atoms with Crippen LogP contribution < -0.4 is 4.74 Å². The first kappa shape index (κ1) is 33.2. The van der Waals surface area contributed by atoms with Gasteiger partial charge in [-0.2, -0.15) is 8.78 Å². The Bertz CT molecular complexity index is 1470. The average Bonchev–Trinajstić information content (AvgIpc) is 2.95. The predicted octanol–water partition coefficient (Wildman–Crippen LogP) is 6.91. The number of hydrogen-bond acceptors (Lipinski definition) is 6. The highest BCUT2D eigenvalue weighted by molar-refractivity contribution is 7.97. The van der Waals surface area contributed by atoms with Crippen LogP contribution in [0.4, 0.5) is 22.0 Å². The van der Waals surface area contributed by atoms with Crippen molar-refractivity contribution < 1.29 is 49.1 Å². The molecule has 4 rings (SSSR count). The van der Waals surface area contributed by atoms with E-state index in [0.29, 0.717) is 5.56 Å². The van der Waals surface area contributed by atoms with E-state index >= 15 is 0 Å². The molecule has 3 aromatic carbocycles. The molecule has 1 aliphatic rings. The summed E-state index contributed by atoms with van der Waals surface area (Å²) in [4.78, 5) is 2.73. The van der Waals surface area contributed by atoms with Crippen molar-refractivity contribution in [2.24, 2.45) is 5.92 Å². The van der Waals surface area contributed by atoms with Crippen LogP contribution in [0.15, 0.2) is 93.5 Å². The van der Waals surface area contributed by atoms with Gasteiger partial charge in [-0.3, -0.25) is 0 Å². The van der Waals surface area contributed by atoms with Crippen molar-refractivity contribution >= 4 is 21.0 Å². The van der Waals surface area contributed by atoms with E-state index in [0.717, 1.165) is 14.7 Å². The molecule has 0 aliphatic carbocycles. The van der Waals surface area contributed by atoms with Gasteiger partial charge in [-0.25, -0.2) is 21.6 Å². The Balaban J connectivity index is 1.53. The van der Waals surface area contributed by atoms with Gasteiger partial charge in [0.2, 0.25) is 0 Å². The Hall–Kier alpha value is -2.71. The third kappa shape index (κ3) is 7.34. The van der Waals surface area contributed by atoms with Gasteiger partial charge >= 0.3 is 5.25 Å². The summed E-state index contributed by atoms with van der Waals surface area (Å²) in [6, 6.07) is 23.5. The minimum atomic E-state index is -6.14. The molecule has 13 heteroatoms. The van der Waals surface area contributed by atoms with Gasteiger partial charge in [0.05, 0.1) is 17.5 Å². The van der Waals surface area contributed by atoms with Crippen LogP contribution in [0.5, 0.6) is 5.75 Å². The van der Waals surface area contributed by atoms with Crippen molar-refractivity contribution in [3.05, 3.63) is 84.4 Å². The highest BCUT2D eigenvalue weighted by atomic mass is 32.2. The highest BCUT2D eigenvalue weighted by Crippen LogP contribution is 2.42. The topological polar surface area (TPSA) is 84.9 Å². The Kier molecular flexibility index (Phi) is 9.82. The monoisotopic (exact) mass is 646 g/mol.